The molecule has 58 valence electrons. The van der Waals surface area contributed by atoms with E-state index in [0.717, 1.165) is 24.5 Å². The Morgan fingerprint density at radius 2 is 2.55 bits per heavy atom. The fourth-order valence-corrected chi connectivity index (χ4v) is 1.37. The van der Waals surface area contributed by atoms with E-state index in [1.54, 1.807) is 13.3 Å². The highest BCUT2D eigenvalue weighted by molar-refractivity contribution is 5.55. The third kappa shape index (κ3) is 0.926. The number of anilines is 1. The van der Waals surface area contributed by atoms with Gasteiger partial charge in [0, 0.05) is 18.3 Å². The van der Waals surface area contributed by atoms with Gasteiger partial charge in [-0.25, -0.2) is 4.98 Å². The first-order valence-electron chi connectivity index (χ1n) is 3.67. The van der Waals surface area contributed by atoms with Gasteiger partial charge in [-0.05, 0) is 12.5 Å². The molecule has 3 heteroatoms. The second kappa shape index (κ2) is 2.42. The van der Waals surface area contributed by atoms with Gasteiger partial charge in [-0.1, -0.05) is 0 Å². The number of ether oxygens (including phenoxy) is 1. The van der Waals surface area contributed by atoms with Crippen molar-refractivity contribution < 1.29 is 4.74 Å². The van der Waals surface area contributed by atoms with Gasteiger partial charge < -0.3 is 10.1 Å². The minimum atomic E-state index is 0.944. The first-order chi connectivity index (χ1) is 5.42. The Morgan fingerprint density at radius 1 is 1.64 bits per heavy atom. The second-order valence-corrected chi connectivity index (χ2v) is 2.52. The number of pyridine rings is 1. The number of methoxy groups -OCH3 is 1. The molecule has 0 aliphatic carbocycles. The fraction of sp³-hybridized carbons (Fsp3) is 0.375. The van der Waals surface area contributed by atoms with E-state index in [4.69, 9.17) is 4.74 Å². The summed E-state index contributed by atoms with van der Waals surface area (Å²) in [5.74, 6) is 1.92. The van der Waals surface area contributed by atoms with Crippen LogP contribution in [0.25, 0.3) is 0 Å². The number of hydrogen-bond donors (Lipinski definition) is 1. The van der Waals surface area contributed by atoms with Crippen LogP contribution in [0.1, 0.15) is 5.56 Å². The molecule has 2 rings (SSSR count). The Balaban J connectivity index is 2.50. The molecule has 0 spiro atoms. The van der Waals surface area contributed by atoms with Gasteiger partial charge in [0.05, 0.1) is 7.11 Å². The summed E-state index contributed by atoms with van der Waals surface area (Å²) >= 11 is 0. The summed E-state index contributed by atoms with van der Waals surface area (Å²) < 4.78 is 5.18. The van der Waals surface area contributed by atoms with E-state index in [0.29, 0.717) is 0 Å². The molecule has 0 unspecified atom stereocenters. The topological polar surface area (TPSA) is 34.1 Å². The van der Waals surface area contributed by atoms with Gasteiger partial charge in [0.25, 0.3) is 0 Å². The number of nitrogens with zero attached hydrogens (tertiary/aromatic N) is 1. The van der Waals surface area contributed by atoms with E-state index in [-0.39, 0.29) is 0 Å². The van der Waals surface area contributed by atoms with Crippen molar-refractivity contribution >= 4 is 5.82 Å². The first kappa shape index (κ1) is 6.46. The molecule has 1 aliphatic rings. The average Bonchev–Trinajstić information content (AvgIpc) is 2.50. The number of rotatable bonds is 1. The molecule has 0 amide bonds. The van der Waals surface area contributed by atoms with Crippen molar-refractivity contribution in [3.8, 4) is 5.75 Å². The second-order valence-electron chi connectivity index (χ2n) is 2.52. The van der Waals surface area contributed by atoms with E-state index < -0.39 is 0 Å². The average molecular weight is 150 g/mol. The normalized spacial score (nSPS) is 13.9. The Bertz CT molecular complexity index is 273. The lowest BCUT2D eigenvalue weighted by Gasteiger charge is -2.03. The highest BCUT2D eigenvalue weighted by atomic mass is 16.5. The van der Waals surface area contributed by atoms with Gasteiger partial charge in [-0.3, -0.25) is 0 Å². The molecular weight excluding hydrogens is 140 g/mol. The summed E-state index contributed by atoms with van der Waals surface area (Å²) in [6, 6.07) is 1.89. The lowest BCUT2D eigenvalue weighted by molar-refractivity contribution is 0.410. The van der Waals surface area contributed by atoms with Crippen LogP contribution in [0.15, 0.2) is 12.3 Å². The van der Waals surface area contributed by atoms with Crippen molar-refractivity contribution in [1.29, 1.82) is 0 Å². The van der Waals surface area contributed by atoms with Crippen molar-refractivity contribution in [1.82, 2.24) is 4.98 Å². The molecule has 0 bridgehead atoms. The van der Waals surface area contributed by atoms with Crippen LogP contribution in [0, 0.1) is 0 Å². The highest BCUT2D eigenvalue weighted by Crippen LogP contribution is 2.27. The van der Waals surface area contributed by atoms with Gasteiger partial charge >= 0.3 is 0 Å². The van der Waals surface area contributed by atoms with Crippen LogP contribution in [0.5, 0.6) is 5.75 Å². The van der Waals surface area contributed by atoms with Crippen molar-refractivity contribution in [2.45, 2.75) is 6.42 Å². The summed E-state index contributed by atoms with van der Waals surface area (Å²) in [6.07, 6.45) is 2.78. The number of fused-ring (bicyclic) bond motifs is 1. The Labute approximate surface area is 65.4 Å². The maximum atomic E-state index is 5.18. The number of hydrogen-bond acceptors (Lipinski definition) is 3. The predicted octanol–water partition coefficient (Wildman–Crippen LogP) is 1.06. The summed E-state index contributed by atoms with van der Waals surface area (Å²) in [4.78, 5) is 4.18. The summed E-state index contributed by atoms with van der Waals surface area (Å²) in [5, 5.41) is 3.18. The van der Waals surface area contributed by atoms with Crippen molar-refractivity contribution in [2.24, 2.45) is 0 Å². The largest absolute Gasteiger partial charge is 0.496 e. The molecule has 1 aromatic heterocycles. The molecule has 0 aromatic carbocycles. The van der Waals surface area contributed by atoms with E-state index in [2.05, 4.69) is 10.3 Å². The maximum Gasteiger partial charge on any atom is 0.132 e. The third-order valence-electron chi connectivity index (χ3n) is 1.90. The molecule has 0 atom stereocenters. The first-order valence-corrected chi connectivity index (χ1v) is 3.67. The monoisotopic (exact) mass is 150 g/mol. The van der Waals surface area contributed by atoms with Crippen molar-refractivity contribution in [3.63, 3.8) is 0 Å². The van der Waals surface area contributed by atoms with Gasteiger partial charge in [0.2, 0.25) is 0 Å². The zero-order valence-corrected chi connectivity index (χ0v) is 6.42. The van der Waals surface area contributed by atoms with E-state index in [1.807, 2.05) is 6.07 Å². The molecule has 1 aliphatic heterocycles. The molecule has 3 nitrogen and oxygen atoms in total. The molecule has 0 saturated carbocycles. The van der Waals surface area contributed by atoms with E-state index >= 15 is 0 Å². The Morgan fingerprint density at radius 3 is 3.36 bits per heavy atom. The molecule has 1 aromatic rings. The van der Waals surface area contributed by atoms with E-state index in [9.17, 15) is 0 Å². The zero-order valence-electron chi connectivity index (χ0n) is 6.42. The smallest absolute Gasteiger partial charge is 0.132 e. The molecule has 11 heavy (non-hydrogen) atoms. The molecule has 1 N–H and O–H groups in total. The standard InChI is InChI=1S/C8H10N2O/c1-11-7-3-5-10-8-6(7)2-4-9-8/h3,5H,2,4H2,1H3,(H,9,10). The summed E-state index contributed by atoms with van der Waals surface area (Å²) in [6.45, 7) is 0.975. The quantitative estimate of drug-likeness (QED) is 0.650. The van der Waals surface area contributed by atoms with Crippen LogP contribution >= 0.6 is 0 Å². The van der Waals surface area contributed by atoms with Crippen LogP contribution in [0.4, 0.5) is 5.82 Å². The molecule has 0 saturated heterocycles. The Hall–Kier alpha value is -1.25. The molecule has 2 heterocycles. The van der Waals surface area contributed by atoms with Crippen molar-refractivity contribution in [2.75, 3.05) is 19.0 Å². The van der Waals surface area contributed by atoms with E-state index in [1.165, 1.54) is 5.56 Å². The highest BCUT2D eigenvalue weighted by Gasteiger charge is 2.14. The molecule has 0 fully saturated rings. The fourth-order valence-electron chi connectivity index (χ4n) is 1.37. The minimum Gasteiger partial charge on any atom is -0.496 e. The van der Waals surface area contributed by atoms with Crippen LogP contribution in [0.3, 0.4) is 0 Å². The Kier molecular flexibility index (Phi) is 1.42. The van der Waals surface area contributed by atoms with Gasteiger partial charge in [0.15, 0.2) is 0 Å². The van der Waals surface area contributed by atoms with Crippen molar-refractivity contribution in [3.05, 3.63) is 17.8 Å². The van der Waals surface area contributed by atoms with Crippen LogP contribution in [0.2, 0.25) is 0 Å². The predicted molar refractivity (Wildman–Crippen MR) is 43.0 cm³/mol. The van der Waals surface area contributed by atoms with Crippen LogP contribution in [-0.2, 0) is 6.42 Å². The molecule has 0 radical (unpaired) electrons. The van der Waals surface area contributed by atoms with Crippen LogP contribution in [-0.4, -0.2) is 18.6 Å². The zero-order chi connectivity index (χ0) is 7.68. The minimum absolute atomic E-state index is 0.944. The summed E-state index contributed by atoms with van der Waals surface area (Å²) in [5.41, 5.74) is 1.20. The number of aromatic nitrogens is 1. The maximum absolute atomic E-state index is 5.18. The number of nitrogens with one attached hydrogen (secondary N) is 1. The van der Waals surface area contributed by atoms with Crippen LogP contribution < -0.4 is 10.1 Å². The summed E-state index contributed by atoms with van der Waals surface area (Å²) in [7, 11) is 1.69. The van der Waals surface area contributed by atoms with Gasteiger partial charge in [-0.2, -0.15) is 0 Å². The lowest BCUT2D eigenvalue weighted by Crippen LogP contribution is -1.92. The third-order valence-corrected chi connectivity index (χ3v) is 1.90. The lowest BCUT2D eigenvalue weighted by atomic mass is 10.2. The molecular formula is C8H10N2O. The van der Waals surface area contributed by atoms with Gasteiger partial charge in [-0.15, -0.1) is 0 Å². The SMILES string of the molecule is COc1ccnc2c1CCN2. The van der Waals surface area contributed by atoms with Gasteiger partial charge in [0.1, 0.15) is 11.6 Å².